The number of halogens is 1. The second kappa shape index (κ2) is 6.37. The Kier molecular flexibility index (Phi) is 4.56. The lowest BCUT2D eigenvalue weighted by molar-refractivity contribution is -0.136. The summed E-state index contributed by atoms with van der Waals surface area (Å²) in [5.74, 6) is -0.850. The van der Waals surface area contributed by atoms with Gasteiger partial charge in [-0.2, -0.15) is 5.26 Å². The number of rotatable bonds is 5. The number of carbonyl (C=O) groups is 1. The number of aliphatic carboxylic acids is 1. The van der Waals surface area contributed by atoms with E-state index in [1.807, 2.05) is 6.07 Å². The SMILES string of the molecule is N#Cc1ccc(Cl)c(Nc2nc(CCC(=O)O)cs2)c1. The van der Waals surface area contributed by atoms with Gasteiger partial charge in [0.05, 0.1) is 34.5 Å². The molecule has 0 aliphatic rings. The van der Waals surface area contributed by atoms with Crippen LogP contribution in [0.1, 0.15) is 17.7 Å². The Morgan fingerprint density at radius 2 is 2.35 bits per heavy atom. The quantitative estimate of drug-likeness (QED) is 0.883. The predicted octanol–water partition coefficient (Wildman–Crippen LogP) is 3.43. The van der Waals surface area contributed by atoms with Crippen LogP contribution in [-0.2, 0) is 11.2 Å². The fourth-order valence-corrected chi connectivity index (χ4v) is 2.44. The minimum Gasteiger partial charge on any atom is -0.481 e. The monoisotopic (exact) mass is 307 g/mol. The van der Waals surface area contributed by atoms with E-state index < -0.39 is 5.97 Å². The average Bonchev–Trinajstić information content (AvgIpc) is 2.86. The van der Waals surface area contributed by atoms with Gasteiger partial charge >= 0.3 is 5.97 Å². The largest absolute Gasteiger partial charge is 0.481 e. The molecule has 20 heavy (non-hydrogen) atoms. The number of nitrogens with one attached hydrogen (secondary N) is 1. The maximum absolute atomic E-state index is 10.5. The minimum atomic E-state index is -0.850. The molecule has 0 unspecified atom stereocenters. The molecule has 0 aliphatic heterocycles. The normalized spacial score (nSPS) is 10.0. The smallest absolute Gasteiger partial charge is 0.303 e. The molecule has 0 saturated heterocycles. The summed E-state index contributed by atoms with van der Waals surface area (Å²) in [4.78, 5) is 14.8. The van der Waals surface area contributed by atoms with Crippen molar-refractivity contribution in [1.82, 2.24) is 4.98 Å². The Morgan fingerprint density at radius 1 is 1.55 bits per heavy atom. The molecular formula is C13H10ClN3O2S. The highest BCUT2D eigenvalue weighted by molar-refractivity contribution is 7.13. The van der Waals surface area contributed by atoms with E-state index >= 15 is 0 Å². The summed E-state index contributed by atoms with van der Waals surface area (Å²) in [5.41, 5.74) is 1.82. The Labute approximate surface area is 124 Å². The van der Waals surface area contributed by atoms with Crippen LogP contribution in [0.3, 0.4) is 0 Å². The molecule has 5 nitrogen and oxygen atoms in total. The van der Waals surface area contributed by atoms with Crippen molar-refractivity contribution in [3.63, 3.8) is 0 Å². The molecule has 0 fully saturated rings. The van der Waals surface area contributed by atoms with E-state index in [0.29, 0.717) is 33.5 Å². The number of aromatic nitrogens is 1. The number of aryl methyl sites for hydroxylation is 1. The van der Waals surface area contributed by atoms with Crippen LogP contribution < -0.4 is 5.32 Å². The van der Waals surface area contributed by atoms with Crippen LogP contribution in [0.5, 0.6) is 0 Å². The summed E-state index contributed by atoms with van der Waals surface area (Å²) >= 11 is 7.40. The Hall–Kier alpha value is -2.10. The number of nitriles is 1. The number of carboxylic acid groups (broad SMARTS) is 1. The molecule has 0 amide bonds. The van der Waals surface area contributed by atoms with Crippen LogP contribution in [0, 0.1) is 11.3 Å². The molecule has 1 aromatic carbocycles. The summed E-state index contributed by atoms with van der Waals surface area (Å²) in [6.07, 6.45) is 0.438. The van der Waals surface area contributed by atoms with Crippen molar-refractivity contribution in [3.05, 3.63) is 39.9 Å². The van der Waals surface area contributed by atoms with Crippen molar-refractivity contribution >= 4 is 39.7 Å². The lowest BCUT2D eigenvalue weighted by Gasteiger charge is -2.05. The number of hydrogen-bond acceptors (Lipinski definition) is 5. The second-order valence-corrected chi connectivity index (χ2v) is 5.23. The third-order valence-corrected chi connectivity index (χ3v) is 3.62. The van der Waals surface area contributed by atoms with Crippen molar-refractivity contribution < 1.29 is 9.90 Å². The van der Waals surface area contributed by atoms with Crippen LogP contribution >= 0.6 is 22.9 Å². The minimum absolute atomic E-state index is 0.0495. The van der Waals surface area contributed by atoms with Gasteiger partial charge in [0, 0.05) is 11.8 Å². The van der Waals surface area contributed by atoms with Gasteiger partial charge in [0.25, 0.3) is 0 Å². The first-order valence-electron chi connectivity index (χ1n) is 5.71. The van der Waals surface area contributed by atoms with Gasteiger partial charge in [-0.05, 0) is 18.2 Å². The fourth-order valence-electron chi connectivity index (χ4n) is 1.52. The van der Waals surface area contributed by atoms with Crippen LogP contribution in [0.25, 0.3) is 0 Å². The summed E-state index contributed by atoms with van der Waals surface area (Å²) in [6.45, 7) is 0. The Morgan fingerprint density at radius 3 is 3.05 bits per heavy atom. The summed E-state index contributed by atoms with van der Waals surface area (Å²) < 4.78 is 0. The number of anilines is 2. The first-order chi connectivity index (χ1) is 9.58. The molecule has 0 aliphatic carbocycles. The van der Waals surface area contributed by atoms with E-state index in [4.69, 9.17) is 22.0 Å². The molecule has 1 heterocycles. The van der Waals surface area contributed by atoms with Crippen LogP contribution in [0.4, 0.5) is 10.8 Å². The van der Waals surface area contributed by atoms with E-state index in [1.54, 1.807) is 23.6 Å². The highest BCUT2D eigenvalue weighted by Gasteiger charge is 2.07. The summed E-state index contributed by atoms with van der Waals surface area (Å²) in [6, 6.07) is 6.95. The number of nitrogens with zero attached hydrogens (tertiary/aromatic N) is 2. The summed E-state index contributed by atoms with van der Waals surface area (Å²) in [7, 11) is 0. The fraction of sp³-hybridized carbons (Fsp3) is 0.154. The third kappa shape index (κ3) is 3.70. The summed E-state index contributed by atoms with van der Waals surface area (Å²) in [5, 5.41) is 23.4. The maximum Gasteiger partial charge on any atom is 0.303 e. The molecule has 0 atom stereocenters. The van der Waals surface area contributed by atoms with Gasteiger partial charge in [-0.1, -0.05) is 11.6 Å². The molecule has 0 bridgehead atoms. The zero-order chi connectivity index (χ0) is 14.5. The highest BCUT2D eigenvalue weighted by atomic mass is 35.5. The standard InChI is InChI=1S/C13H10ClN3O2S/c14-10-3-1-8(6-15)5-11(10)17-13-16-9(7-20-13)2-4-12(18)19/h1,3,5,7H,2,4H2,(H,16,17)(H,18,19). The second-order valence-electron chi connectivity index (χ2n) is 3.97. The lowest BCUT2D eigenvalue weighted by atomic mass is 10.2. The molecule has 102 valence electrons. The van der Waals surface area contributed by atoms with Crippen LogP contribution in [0.2, 0.25) is 5.02 Å². The Balaban J connectivity index is 2.10. The lowest BCUT2D eigenvalue weighted by Crippen LogP contribution is -1.98. The van der Waals surface area contributed by atoms with E-state index in [0.717, 1.165) is 0 Å². The van der Waals surface area contributed by atoms with Crippen molar-refractivity contribution in [2.45, 2.75) is 12.8 Å². The van der Waals surface area contributed by atoms with Gasteiger partial charge in [-0.25, -0.2) is 4.98 Å². The van der Waals surface area contributed by atoms with Gasteiger partial charge in [-0.3, -0.25) is 4.79 Å². The third-order valence-electron chi connectivity index (χ3n) is 2.48. The van der Waals surface area contributed by atoms with Crippen molar-refractivity contribution in [2.24, 2.45) is 0 Å². The van der Waals surface area contributed by atoms with Gasteiger partial charge < -0.3 is 10.4 Å². The van der Waals surface area contributed by atoms with E-state index in [1.165, 1.54) is 11.3 Å². The molecule has 1 aromatic heterocycles. The highest BCUT2D eigenvalue weighted by Crippen LogP contribution is 2.28. The molecule has 2 rings (SSSR count). The molecule has 2 N–H and O–H groups in total. The molecule has 7 heteroatoms. The van der Waals surface area contributed by atoms with Crippen molar-refractivity contribution in [3.8, 4) is 6.07 Å². The molecule has 0 saturated carbocycles. The first kappa shape index (κ1) is 14.3. The first-order valence-corrected chi connectivity index (χ1v) is 6.97. The van der Waals surface area contributed by atoms with E-state index in [-0.39, 0.29) is 6.42 Å². The van der Waals surface area contributed by atoms with Gasteiger partial charge in [0.1, 0.15) is 0 Å². The van der Waals surface area contributed by atoms with E-state index in [2.05, 4.69) is 10.3 Å². The van der Waals surface area contributed by atoms with Crippen molar-refractivity contribution in [2.75, 3.05) is 5.32 Å². The zero-order valence-electron chi connectivity index (χ0n) is 10.3. The number of benzene rings is 1. The number of hydrogen-bond donors (Lipinski definition) is 2. The molecule has 2 aromatic rings. The van der Waals surface area contributed by atoms with Crippen LogP contribution in [-0.4, -0.2) is 16.1 Å². The topological polar surface area (TPSA) is 86.0 Å². The van der Waals surface area contributed by atoms with Crippen molar-refractivity contribution in [1.29, 1.82) is 5.26 Å². The number of thiazole rings is 1. The molecular weight excluding hydrogens is 298 g/mol. The number of carboxylic acids is 1. The van der Waals surface area contributed by atoms with Gasteiger partial charge in [-0.15, -0.1) is 11.3 Å². The average molecular weight is 308 g/mol. The van der Waals surface area contributed by atoms with Gasteiger partial charge in [0.15, 0.2) is 5.13 Å². The molecule has 0 spiro atoms. The Bertz CT molecular complexity index is 678. The van der Waals surface area contributed by atoms with E-state index in [9.17, 15) is 4.79 Å². The predicted molar refractivity (Wildman–Crippen MR) is 77.5 cm³/mol. The zero-order valence-corrected chi connectivity index (χ0v) is 11.8. The van der Waals surface area contributed by atoms with Gasteiger partial charge in [0.2, 0.25) is 0 Å². The molecule has 0 radical (unpaired) electrons. The maximum atomic E-state index is 10.5. The van der Waals surface area contributed by atoms with Crippen LogP contribution in [0.15, 0.2) is 23.6 Å².